The Morgan fingerprint density at radius 1 is 1.16 bits per heavy atom. The predicted octanol–water partition coefficient (Wildman–Crippen LogP) is 3.28. The van der Waals surface area contributed by atoms with Crippen LogP contribution in [0, 0.1) is 0 Å². The Labute approximate surface area is 112 Å². The van der Waals surface area contributed by atoms with Gasteiger partial charge in [-0.2, -0.15) is 0 Å². The maximum atomic E-state index is 11.6. The first-order valence-electron chi connectivity index (χ1n) is 6.52. The first kappa shape index (κ1) is 11.9. The fraction of sp³-hybridized carbons (Fsp3) is 0.250. The molecule has 0 aliphatic heterocycles. The van der Waals surface area contributed by atoms with Crippen LogP contribution >= 0.6 is 0 Å². The number of rotatable bonds is 3. The largest absolute Gasteiger partial charge is 0.492 e. The molecule has 0 radical (unpaired) electrons. The minimum Gasteiger partial charge on any atom is -0.492 e. The zero-order valence-corrected chi connectivity index (χ0v) is 10.8. The van der Waals surface area contributed by atoms with Crippen molar-refractivity contribution in [2.75, 3.05) is 6.61 Å². The van der Waals surface area contributed by atoms with Gasteiger partial charge in [-0.25, -0.2) is 0 Å². The molecule has 0 atom stereocenters. The highest BCUT2D eigenvalue weighted by molar-refractivity contribution is 6.00. The Bertz CT molecular complexity index is 634. The summed E-state index contributed by atoms with van der Waals surface area (Å²) in [4.78, 5) is 15.8. The fourth-order valence-corrected chi connectivity index (χ4v) is 2.46. The van der Waals surface area contributed by atoms with Gasteiger partial charge in [0.15, 0.2) is 5.78 Å². The summed E-state index contributed by atoms with van der Waals surface area (Å²) in [5.41, 5.74) is 4.12. The standard InChI is InChI=1S/C16H15NO2/c1-2-19-14-8-13(9-17-10-14)11-3-5-15-12(7-11)4-6-16(15)18/h3,5,7-10H,2,4,6H2,1H3. The third-order valence-corrected chi connectivity index (χ3v) is 3.38. The summed E-state index contributed by atoms with van der Waals surface area (Å²) in [7, 11) is 0. The maximum Gasteiger partial charge on any atom is 0.163 e. The van der Waals surface area contributed by atoms with Crippen molar-refractivity contribution < 1.29 is 9.53 Å². The van der Waals surface area contributed by atoms with E-state index in [1.165, 1.54) is 0 Å². The molecule has 0 saturated heterocycles. The van der Waals surface area contributed by atoms with Crippen LogP contribution in [-0.4, -0.2) is 17.4 Å². The van der Waals surface area contributed by atoms with E-state index in [4.69, 9.17) is 4.74 Å². The lowest BCUT2D eigenvalue weighted by atomic mass is 10.0. The third kappa shape index (κ3) is 2.24. The van der Waals surface area contributed by atoms with Crippen molar-refractivity contribution in [2.45, 2.75) is 19.8 Å². The van der Waals surface area contributed by atoms with Gasteiger partial charge >= 0.3 is 0 Å². The van der Waals surface area contributed by atoms with Gasteiger partial charge in [-0.3, -0.25) is 9.78 Å². The Kier molecular flexibility index (Phi) is 3.03. The molecule has 3 heteroatoms. The molecule has 0 amide bonds. The Hall–Kier alpha value is -2.16. The van der Waals surface area contributed by atoms with Crippen molar-refractivity contribution in [3.8, 4) is 16.9 Å². The summed E-state index contributed by atoms with van der Waals surface area (Å²) in [5.74, 6) is 1.03. The number of benzene rings is 1. The second-order valence-corrected chi connectivity index (χ2v) is 4.64. The van der Waals surface area contributed by atoms with Gasteiger partial charge in [-0.05, 0) is 30.5 Å². The van der Waals surface area contributed by atoms with Crippen molar-refractivity contribution in [2.24, 2.45) is 0 Å². The van der Waals surface area contributed by atoms with Crippen molar-refractivity contribution in [3.05, 3.63) is 47.8 Å². The highest BCUT2D eigenvalue weighted by atomic mass is 16.5. The number of fused-ring (bicyclic) bond motifs is 1. The van der Waals surface area contributed by atoms with E-state index in [0.29, 0.717) is 13.0 Å². The number of hydrogen-bond donors (Lipinski definition) is 0. The average molecular weight is 253 g/mol. The number of Topliss-reactive ketones (excluding diaryl/α,β-unsaturated/α-hetero) is 1. The SMILES string of the molecule is CCOc1cncc(-c2ccc3c(c2)CCC3=O)c1. The van der Waals surface area contributed by atoms with Gasteiger partial charge in [-0.15, -0.1) is 0 Å². The van der Waals surface area contributed by atoms with Gasteiger partial charge in [0.05, 0.1) is 12.8 Å². The molecule has 0 bridgehead atoms. The number of aromatic nitrogens is 1. The van der Waals surface area contributed by atoms with Crippen LogP contribution in [0.5, 0.6) is 5.75 Å². The van der Waals surface area contributed by atoms with Crippen molar-refractivity contribution >= 4 is 5.78 Å². The van der Waals surface area contributed by atoms with Crippen LogP contribution in [-0.2, 0) is 6.42 Å². The first-order valence-corrected chi connectivity index (χ1v) is 6.52. The van der Waals surface area contributed by atoms with Gasteiger partial charge in [0, 0.05) is 23.7 Å². The summed E-state index contributed by atoms with van der Waals surface area (Å²) in [5, 5.41) is 0. The quantitative estimate of drug-likeness (QED) is 0.842. The van der Waals surface area contributed by atoms with E-state index in [2.05, 4.69) is 11.1 Å². The number of aryl methyl sites for hydroxylation is 1. The summed E-state index contributed by atoms with van der Waals surface area (Å²) < 4.78 is 5.46. The third-order valence-electron chi connectivity index (χ3n) is 3.38. The van der Waals surface area contributed by atoms with Crippen LogP contribution in [0.25, 0.3) is 11.1 Å². The summed E-state index contributed by atoms with van der Waals surface area (Å²) >= 11 is 0. The molecule has 0 spiro atoms. The van der Waals surface area contributed by atoms with E-state index in [-0.39, 0.29) is 5.78 Å². The van der Waals surface area contributed by atoms with Gasteiger partial charge < -0.3 is 4.74 Å². The smallest absolute Gasteiger partial charge is 0.163 e. The molecule has 0 unspecified atom stereocenters. The molecule has 3 nitrogen and oxygen atoms in total. The highest BCUT2D eigenvalue weighted by Crippen LogP contribution is 2.29. The molecule has 1 aromatic carbocycles. The van der Waals surface area contributed by atoms with Crippen LogP contribution in [0.3, 0.4) is 0 Å². The molecular weight excluding hydrogens is 238 g/mol. The van der Waals surface area contributed by atoms with Gasteiger partial charge in [0.25, 0.3) is 0 Å². The minimum absolute atomic E-state index is 0.253. The van der Waals surface area contributed by atoms with Gasteiger partial charge in [-0.1, -0.05) is 18.2 Å². The van der Waals surface area contributed by atoms with Gasteiger partial charge in [0.2, 0.25) is 0 Å². The topological polar surface area (TPSA) is 39.2 Å². The lowest BCUT2D eigenvalue weighted by Gasteiger charge is -2.07. The van der Waals surface area contributed by atoms with Crippen LogP contribution in [0.4, 0.5) is 0 Å². The molecule has 0 fully saturated rings. The molecular formula is C16H15NO2. The minimum atomic E-state index is 0.253. The maximum absolute atomic E-state index is 11.6. The molecule has 19 heavy (non-hydrogen) atoms. The zero-order valence-electron chi connectivity index (χ0n) is 10.8. The number of carbonyl (C=O) groups excluding carboxylic acids is 1. The van der Waals surface area contributed by atoms with Crippen LogP contribution in [0.15, 0.2) is 36.7 Å². The number of hydrogen-bond acceptors (Lipinski definition) is 3. The fourth-order valence-electron chi connectivity index (χ4n) is 2.46. The van der Waals surface area contributed by atoms with E-state index >= 15 is 0 Å². The van der Waals surface area contributed by atoms with Crippen molar-refractivity contribution in [1.82, 2.24) is 4.98 Å². The second kappa shape index (κ2) is 4.84. The number of ether oxygens (including phenoxy) is 1. The summed E-state index contributed by atoms with van der Waals surface area (Å²) in [6.45, 7) is 2.58. The van der Waals surface area contributed by atoms with Crippen molar-refractivity contribution in [3.63, 3.8) is 0 Å². The zero-order chi connectivity index (χ0) is 13.2. The van der Waals surface area contributed by atoms with Crippen LogP contribution in [0.1, 0.15) is 29.3 Å². The van der Waals surface area contributed by atoms with E-state index < -0.39 is 0 Å². The van der Waals surface area contributed by atoms with E-state index in [1.54, 1.807) is 6.20 Å². The second-order valence-electron chi connectivity index (χ2n) is 4.64. The Balaban J connectivity index is 1.98. The number of pyridine rings is 1. The number of ketones is 1. The molecule has 1 aromatic heterocycles. The van der Waals surface area contributed by atoms with Crippen LogP contribution < -0.4 is 4.74 Å². The molecule has 2 aromatic rings. The molecule has 1 heterocycles. The summed E-state index contributed by atoms with van der Waals surface area (Å²) in [6, 6.07) is 7.98. The van der Waals surface area contributed by atoms with E-state index in [1.807, 2.05) is 31.3 Å². The summed E-state index contributed by atoms with van der Waals surface area (Å²) in [6.07, 6.45) is 5.02. The lowest BCUT2D eigenvalue weighted by molar-refractivity contribution is 0.0994. The van der Waals surface area contributed by atoms with E-state index in [0.717, 1.165) is 34.4 Å². The Morgan fingerprint density at radius 3 is 2.89 bits per heavy atom. The molecule has 1 aliphatic rings. The Morgan fingerprint density at radius 2 is 2.05 bits per heavy atom. The van der Waals surface area contributed by atoms with E-state index in [9.17, 15) is 4.79 Å². The molecule has 3 rings (SSSR count). The normalized spacial score (nSPS) is 13.4. The van der Waals surface area contributed by atoms with Gasteiger partial charge in [0.1, 0.15) is 5.75 Å². The highest BCUT2D eigenvalue weighted by Gasteiger charge is 2.19. The predicted molar refractivity (Wildman–Crippen MR) is 73.5 cm³/mol. The van der Waals surface area contributed by atoms with Crippen molar-refractivity contribution in [1.29, 1.82) is 0 Å². The molecule has 0 saturated carbocycles. The molecule has 1 aliphatic carbocycles. The monoisotopic (exact) mass is 253 g/mol. The first-order chi connectivity index (χ1) is 9.28. The molecule has 96 valence electrons. The van der Waals surface area contributed by atoms with Crippen LogP contribution in [0.2, 0.25) is 0 Å². The number of nitrogens with zero attached hydrogens (tertiary/aromatic N) is 1. The average Bonchev–Trinajstić information content (AvgIpc) is 2.81. The molecule has 0 N–H and O–H groups in total. The lowest BCUT2D eigenvalue weighted by Crippen LogP contribution is -1.93. The number of carbonyl (C=O) groups is 1.